The van der Waals surface area contributed by atoms with Gasteiger partial charge in [-0.2, -0.15) is 5.10 Å². The Morgan fingerprint density at radius 1 is 1.37 bits per heavy atom. The van der Waals surface area contributed by atoms with Gasteiger partial charge >= 0.3 is 0 Å². The molecule has 0 aliphatic rings. The zero-order chi connectivity index (χ0) is 13.1. The average molecular weight is 256 g/mol. The first-order valence-corrected chi connectivity index (χ1v) is 5.88. The maximum atomic E-state index is 12.0. The predicted octanol–water partition coefficient (Wildman–Crippen LogP) is 0.425. The van der Waals surface area contributed by atoms with E-state index in [0.717, 1.165) is 5.82 Å². The second-order valence-electron chi connectivity index (χ2n) is 4.01. The monoisotopic (exact) mass is 256 g/mol. The van der Waals surface area contributed by atoms with Gasteiger partial charge in [0, 0.05) is 37.8 Å². The lowest BCUT2D eigenvalue weighted by atomic mass is 10.2. The molecule has 0 aliphatic carbocycles. The Bertz CT molecular complexity index is 687. The molecule has 0 bridgehead atoms. The molecule has 96 valence electrons. The van der Waals surface area contributed by atoms with Gasteiger partial charge < -0.3 is 10.3 Å². The van der Waals surface area contributed by atoms with Gasteiger partial charge in [0.05, 0.1) is 23.5 Å². The minimum atomic E-state index is -0.158. The number of aromatic nitrogens is 5. The van der Waals surface area contributed by atoms with Gasteiger partial charge in [-0.3, -0.25) is 9.78 Å². The van der Waals surface area contributed by atoms with Crippen LogP contribution in [0.15, 0.2) is 37.2 Å². The van der Waals surface area contributed by atoms with Crippen molar-refractivity contribution in [2.75, 3.05) is 6.54 Å². The molecule has 19 heavy (non-hydrogen) atoms. The van der Waals surface area contributed by atoms with Crippen LogP contribution in [0, 0.1) is 0 Å². The number of aromatic amines is 1. The third-order valence-corrected chi connectivity index (χ3v) is 2.77. The third-order valence-electron chi connectivity index (χ3n) is 2.77. The van der Waals surface area contributed by atoms with Crippen LogP contribution in [0.25, 0.3) is 5.52 Å². The second-order valence-corrected chi connectivity index (χ2v) is 4.01. The molecule has 0 unspecified atom stereocenters. The Morgan fingerprint density at radius 2 is 2.32 bits per heavy atom. The minimum Gasteiger partial charge on any atom is -0.351 e. The zero-order valence-corrected chi connectivity index (χ0v) is 10.1. The maximum absolute atomic E-state index is 12.0. The Balaban J connectivity index is 1.67. The highest BCUT2D eigenvalue weighted by atomic mass is 16.1. The van der Waals surface area contributed by atoms with E-state index in [9.17, 15) is 4.79 Å². The van der Waals surface area contributed by atoms with E-state index in [2.05, 4.69) is 25.4 Å². The highest BCUT2D eigenvalue weighted by Crippen LogP contribution is 2.08. The molecule has 1 amide bonds. The summed E-state index contributed by atoms with van der Waals surface area (Å²) in [4.78, 5) is 23.1. The second kappa shape index (κ2) is 4.89. The summed E-state index contributed by atoms with van der Waals surface area (Å²) in [6.07, 6.45) is 10.6. The summed E-state index contributed by atoms with van der Waals surface area (Å²) >= 11 is 0. The van der Waals surface area contributed by atoms with E-state index >= 15 is 0 Å². The molecule has 3 aromatic rings. The molecule has 0 radical (unpaired) electrons. The third kappa shape index (κ3) is 2.30. The lowest BCUT2D eigenvalue weighted by Gasteiger charge is -2.02. The fourth-order valence-electron chi connectivity index (χ4n) is 1.83. The Kier molecular flexibility index (Phi) is 2.93. The molecule has 3 rings (SSSR count). The first kappa shape index (κ1) is 11.4. The number of hydrogen-bond donors (Lipinski definition) is 2. The SMILES string of the molecule is O=C(NCCc1ncc[nH]1)c1cnn2ccncc12. The topological polar surface area (TPSA) is 88.0 Å². The lowest BCUT2D eigenvalue weighted by molar-refractivity contribution is 0.0955. The van der Waals surface area contributed by atoms with Crippen molar-refractivity contribution >= 4 is 11.4 Å². The number of nitrogens with zero attached hydrogens (tertiary/aromatic N) is 4. The standard InChI is InChI=1S/C12H12N6O/c19-12(16-2-1-11-14-3-4-15-11)9-7-17-18-6-5-13-8-10(9)18/h3-8H,1-2H2,(H,14,15)(H,16,19). The van der Waals surface area contributed by atoms with Gasteiger partial charge in [-0.25, -0.2) is 9.50 Å². The molecule has 0 aromatic carbocycles. The molecule has 0 aliphatic heterocycles. The Morgan fingerprint density at radius 3 is 3.16 bits per heavy atom. The summed E-state index contributed by atoms with van der Waals surface area (Å²) in [6, 6.07) is 0. The van der Waals surface area contributed by atoms with E-state index in [1.807, 2.05) is 0 Å². The van der Waals surface area contributed by atoms with Gasteiger partial charge in [-0.15, -0.1) is 0 Å². The van der Waals surface area contributed by atoms with Crippen LogP contribution in [0.3, 0.4) is 0 Å². The van der Waals surface area contributed by atoms with Crippen molar-refractivity contribution in [3.05, 3.63) is 48.6 Å². The first-order chi connectivity index (χ1) is 9.34. The van der Waals surface area contributed by atoms with Crippen molar-refractivity contribution in [2.24, 2.45) is 0 Å². The molecule has 2 N–H and O–H groups in total. The fraction of sp³-hybridized carbons (Fsp3) is 0.167. The highest BCUT2D eigenvalue weighted by molar-refractivity contribution is 6.00. The number of amides is 1. The van der Waals surface area contributed by atoms with Crippen molar-refractivity contribution < 1.29 is 4.79 Å². The predicted molar refractivity (Wildman–Crippen MR) is 67.6 cm³/mol. The summed E-state index contributed by atoms with van der Waals surface area (Å²) in [5.41, 5.74) is 1.21. The molecule has 0 fully saturated rings. The summed E-state index contributed by atoms with van der Waals surface area (Å²) in [7, 11) is 0. The van der Waals surface area contributed by atoms with E-state index in [1.165, 1.54) is 0 Å². The minimum absolute atomic E-state index is 0.158. The summed E-state index contributed by atoms with van der Waals surface area (Å²) in [6.45, 7) is 0.518. The van der Waals surface area contributed by atoms with Crippen LogP contribution in [0.2, 0.25) is 0 Å². The van der Waals surface area contributed by atoms with Gasteiger partial charge in [-0.05, 0) is 0 Å². The van der Waals surface area contributed by atoms with Crippen molar-refractivity contribution in [2.45, 2.75) is 6.42 Å². The molecular weight excluding hydrogens is 244 g/mol. The molecule has 0 spiro atoms. The quantitative estimate of drug-likeness (QED) is 0.708. The highest BCUT2D eigenvalue weighted by Gasteiger charge is 2.11. The van der Waals surface area contributed by atoms with E-state index in [4.69, 9.17) is 0 Å². The number of nitrogens with one attached hydrogen (secondary N) is 2. The summed E-state index contributed by atoms with van der Waals surface area (Å²) in [5.74, 6) is 0.691. The smallest absolute Gasteiger partial charge is 0.255 e. The van der Waals surface area contributed by atoms with E-state index in [0.29, 0.717) is 24.0 Å². The molecule has 0 saturated carbocycles. The Labute approximate surface area is 108 Å². The molecule has 7 nitrogen and oxygen atoms in total. The number of rotatable bonds is 4. The van der Waals surface area contributed by atoms with Crippen LogP contribution >= 0.6 is 0 Å². The van der Waals surface area contributed by atoms with Gasteiger partial charge in [-0.1, -0.05) is 0 Å². The normalized spacial score (nSPS) is 10.7. The van der Waals surface area contributed by atoms with Gasteiger partial charge in [0.1, 0.15) is 5.82 Å². The van der Waals surface area contributed by atoms with Crippen molar-refractivity contribution in [3.8, 4) is 0 Å². The van der Waals surface area contributed by atoms with Gasteiger partial charge in [0.2, 0.25) is 0 Å². The number of hydrogen-bond acceptors (Lipinski definition) is 4. The maximum Gasteiger partial charge on any atom is 0.255 e. The van der Waals surface area contributed by atoms with E-state index in [1.54, 1.807) is 41.7 Å². The van der Waals surface area contributed by atoms with Crippen LogP contribution in [0.5, 0.6) is 0 Å². The summed E-state index contributed by atoms with van der Waals surface area (Å²) < 4.78 is 1.62. The van der Waals surface area contributed by atoms with E-state index < -0.39 is 0 Å². The van der Waals surface area contributed by atoms with Crippen LogP contribution in [-0.2, 0) is 6.42 Å². The summed E-state index contributed by atoms with van der Waals surface area (Å²) in [5, 5.41) is 6.93. The number of H-pyrrole nitrogens is 1. The molecule has 0 atom stereocenters. The Hall–Kier alpha value is -2.70. The van der Waals surface area contributed by atoms with Crippen molar-refractivity contribution in [1.82, 2.24) is 29.9 Å². The number of imidazole rings is 1. The van der Waals surface area contributed by atoms with Crippen LogP contribution in [0.4, 0.5) is 0 Å². The van der Waals surface area contributed by atoms with E-state index in [-0.39, 0.29) is 5.91 Å². The van der Waals surface area contributed by atoms with Crippen molar-refractivity contribution in [1.29, 1.82) is 0 Å². The first-order valence-electron chi connectivity index (χ1n) is 5.88. The number of fused-ring (bicyclic) bond motifs is 1. The van der Waals surface area contributed by atoms with Gasteiger partial charge in [0.25, 0.3) is 5.91 Å². The number of carbonyl (C=O) groups excluding carboxylic acids is 1. The average Bonchev–Trinajstić information content (AvgIpc) is 3.07. The van der Waals surface area contributed by atoms with Crippen LogP contribution in [0.1, 0.15) is 16.2 Å². The molecule has 3 heterocycles. The lowest BCUT2D eigenvalue weighted by Crippen LogP contribution is -2.25. The molecular formula is C12H12N6O. The van der Waals surface area contributed by atoms with Gasteiger partial charge in [0.15, 0.2) is 0 Å². The van der Waals surface area contributed by atoms with Crippen LogP contribution in [-0.4, -0.2) is 37.0 Å². The van der Waals surface area contributed by atoms with Crippen molar-refractivity contribution in [3.63, 3.8) is 0 Å². The van der Waals surface area contributed by atoms with Crippen LogP contribution < -0.4 is 5.32 Å². The molecule has 0 saturated heterocycles. The fourth-order valence-corrected chi connectivity index (χ4v) is 1.83. The largest absolute Gasteiger partial charge is 0.351 e. The molecule has 3 aromatic heterocycles. The molecule has 7 heteroatoms. The number of carbonyl (C=O) groups is 1. The zero-order valence-electron chi connectivity index (χ0n) is 10.1.